The first-order valence-electron chi connectivity index (χ1n) is 27.7. The molecule has 0 aromatic rings. The highest BCUT2D eigenvalue weighted by atomic mass is 16.8. The molecule has 14 N–H and O–H groups in total. The van der Waals surface area contributed by atoms with Crippen LogP contribution >= 0.6 is 0 Å². The van der Waals surface area contributed by atoms with Crippen LogP contribution in [0.5, 0.6) is 0 Å². The summed E-state index contributed by atoms with van der Waals surface area (Å²) < 4.78 is 34.5. The van der Waals surface area contributed by atoms with Gasteiger partial charge in [0.2, 0.25) is 11.8 Å². The fraction of sp³-hybridized carbons (Fsp3) is 0.868. The first-order chi connectivity index (χ1) is 36.4. The van der Waals surface area contributed by atoms with E-state index in [4.69, 9.17) is 28.4 Å². The zero-order valence-electron chi connectivity index (χ0n) is 44.8. The standard InChI is InChI=1S/C53H94N2O21/c1-4-6-8-10-12-14-15-16-17-19-21-23-25-27-40(63)55-34(35(60)26-24-22-20-18-13-11-9-7-5-2)32-71-50-45(67)44(66)47(39(31-58)73-50)74-51-46(68)49(43(65)38(30-57)72-51)76-53(52(69)70)28-36(61)41(54-33(3)59)48(75-53)42(64)37(62)29-56/h16-17,21,23,34-39,41-51,56-58,60-62,64-68H,4-15,18-20,22,24-32H2,1-3H3,(H,54,59)(H,55,63)(H,69,70)/b17-16-,23-21-. The third-order valence-corrected chi connectivity index (χ3v) is 14.2. The van der Waals surface area contributed by atoms with E-state index in [1.54, 1.807) is 0 Å². The van der Waals surface area contributed by atoms with Crippen LogP contribution in [0.15, 0.2) is 24.3 Å². The Kier molecular flexibility index (Phi) is 32.4. The molecule has 0 saturated carbocycles. The van der Waals surface area contributed by atoms with Crippen LogP contribution < -0.4 is 10.6 Å². The Hall–Kier alpha value is -2.79. The molecule has 3 aliphatic heterocycles. The molecule has 76 heavy (non-hydrogen) atoms. The highest BCUT2D eigenvalue weighted by Crippen LogP contribution is 2.38. The van der Waals surface area contributed by atoms with Crippen LogP contribution in [-0.2, 0) is 42.8 Å². The maximum atomic E-state index is 13.2. The maximum Gasteiger partial charge on any atom is 0.364 e. The molecule has 3 rings (SSSR count). The lowest BCUT2D eigenvalue weighted by Crippen LogP contribution is -2.70. The fourth-order valence-corrected chi connectivity index (χ4v) is 9.64. The van der Waals surface area contributed by atoms with Crippen LogP contribution in [-0.4, -0.2) is 215 Å². The lowest BCUT2D eigenvalue weighted by Gasteiger charge is -2.50. The molecule has 0 aliphatic carbocycles. The molecule has 0 aromatic carbocycles. The van der Waals surface area contributed by atoms with Crippen LogP contribution in [0.3, 0.4) is 0 Å². The van der Waals surface area contributed by atoms with E-state index in [1.165, 1.54) is 57.8 Å². The molecule has 0 spiro atoms. The van der Waals surface area contributed by atoms with E-state index < -0.39 is 155 Å². The summed E-state index contributed by atoms with van der Waals surface area (Å²) in [6.07, 6.45) is -1.58. The number of amides is 2. The summed E-state index contributed by atoms with van der Waals surface area (Å²) in [4.78, 5) is 38.2. The van der Waals surface area contributed by atoms with Gasteiger partial charge in [-0.05, 0) is 32.1 Å². The second-order valence-electron chi connectivity index (χ2n) is 20.4. The van der Waals surface area contributed by atoms with Gasteiger partial charge in [-0.3, -0.25) is 9.59 Å². The number of allylic oxidation sites excluding steroid dienone is 4. The lowest BCUT2D eigenvalue weighted by molar-refractivity contribution is -0.386. The van der Waals surface area contributed by atoms with Crippen molar-refractivity contribution >= 4 is 17.8 Å². The molecule has 0 aromatic heterocycles. The number of carboxylic acids is 1. The molecule has 0 bridgehead atoms. The third-order valence-electron chi connectivity index (χ3n) is 14.2. The van der Waals surface area contributed by atoms with Crippen molar-refractivity contribution in [3.8, 4) is 0 Å². The van der Waals surface area contributed by atoms with Crippen molar-refractivity contribution in [1.82, 2.24) is 10.6 Å². The highest BCUT2D eigenvalue weighted by molar-refractivity contribution is 5.77. The smallest absolute Gasteiger partial charge is 0.364 e. The van der Waals surface area contributed by atoms with E-state index in [0.717, 1.165) is 51.9 Å². The number of carbonyl (C=O) groups excluding carboxylic acids is 2. The first kappa shape index (κ1) is 67.5. The molecule has 3 saturated heterocycles. The summed E-state index contributed by atoms with van der Waals surface area (Å²) >= 11 is 0. The average Bonchev–Trinajstić information content (AvgIpc) is 3.39. The van der Waals surface area contributed by atoms with E-state index in [1.807, 2.05) is 12.2 Å². The first-order valence-corrected chi connectivity index (χ1v) is 27.7. The summed E-state index contributed by atoms with van der Waals surface area (Å²) in [6.45, 7) is 2.04. The Morgan fingerprint density at radius 3 is 1.84 bits per heavy atom. The van der Waals surface area contributed by atoms with Gasteiger partial charge in [-0.15, -0.1) is 0 Å². The van der Waals surface area contributed by atoms with Gasteiger partial charge in [-0.25, -0.2) is 4.79 Å². The zero-order chi connectivity index (χ0) is 56.2. The number of unbranched alkanes of at least 4 members (excludes halogenated alkanes) is 14. The number of aliphatic hydroxyl groups excluding tert-OH is 11. The molecule has 3 aliphatic rings. The molecule has 18 atom stereocenters. The molecular formula is C53H94N2O21. The van der Waals surface area contributed by atoms with E-state index >= 15 is 0 Å². The summed E-state index contributed by atoms with van der Waals surface area (Å²) in [5.41, 5.74) is 0. The summed E-state index contributed by atoms with van der Waals surface area (Å²) in [5, 5.41) is 135. The minimum atomic E-state index is -3.08. The molecule has 18 unspecified atom stereocenters. The predicted molar refractivity (Wildman–Crippen MR) is 274 cm³/mol. The summed E-state index contributed by atoms with van der Waals surface area (Å²) in [7, 11) is 0. The summed E-state index contributed by atoms with van der Waals surface area (Å²) in [6, 6.07) is -2.56. The van der Waals surface area contributed by atoms with E-state index in [0.29, 0.717) is 19.3 Å². The largest absolute Gasteiger partial charge is 0.477 e. The van der Waals surface area contributed by atoms with E-state index in [-0.39, 0.29) is 12.3 Å². The predicted octanol–water partition coefficient (Wildman–Crippen LogP) is 0.601. The second-order valence-corrected chi connectivity index (χ2v) is 20.4. The third kappa shape index (κ3) is 21.7. The van der Waals surface area contributed by atoms with Crippen LogP contribution in [0, 0.1) is 0 Å². The quantitative estimate of drug-likeness (QED) is 0.0297. The molecular weight excluding hydrogens is 1000 g/mol. The zero-order valence-corrected chi connectivity index (χ0v) is 44.8. The van der Waals surface area contributed by atoms with Gasteiger partial charge in [0.15, 0.2) is 12.6 Å². The van der Waals surface area contributed by atoms with Crippen LogP contribution in [0.1, 0.15) is 156 Å². The monoisotopic (exact) mass is 1090 g/mol. The van der Waals surface area contributed by atoms with Crippen molar-refractivity contribution in [3.63, 3.8) is 0 Å². The van der Waals surface area contributed by atoms with Gasteiger partial charge >= 0.3 is 5.97 Å². The fourth-order valence-electron chi connectivity index (χ4n) is 9.64. The molecule has 23 nitrogen and oxygen atoms in total. The molecule has 442 valence electrons. The Labute approximate surface area is 447 Å². The molecule has 2 amide bonds. The van der Waals surface area contributed by atoms with Crippen molar-refractivity contribution in [2.75, 3.05) is 26.4 Å². The maximum absolute atomic E-state index is 13.2. The van der Waals surface area contributed by atoms with Gasteiger partial charge < -0.3 is 100 Å². The number of carbonyl (C=O) groups is 3. The number of aliphatic hydroxyl groups is 11. The van der Waals surface area contributed by atoms with Crippen molar-refractivity contribution in [2.45, 2.75) is 265 Å². The highest BCUT2D eigenvalue weighted by Gasteiger charge is 2.60. The average molecular weight is 1100 g/mol. The van der Waals surface area contributed by atoms with E-state index in [9.17, 15) is 75.7 Å². The number of rotatable bonds is 38. The molecule has 3 fully saturated rings. The SMILES string of the molecule is CCCCCCCC/C=C\C/C=C\CCC(=O)NC(COC1OC(CO)C(OC2OC(CO)C(O)C(OC3(C(=O)O)CC(O)C(NC(C)=O)C(C(O)C(O)CO)O3)C2O)C(O)C1O)C(O)CCCCCCCCCCC. The summed E-state index contributed by atoms with van der Waals surface area (Å²) in [5.74, 6) is -6.18. The molecule has 3 heterocycles. The van der Waals surface area contributed by atoms with Crippen LogP contribution in [0.25, 0.3) is 0 Å². The van der Waals surface area contributed by atoms with Crippen LogP contribution in [0.2, 0.25) is 0 Å². The van der Waals surface area contributed by atoms with Crippen molar-refractivity contribution in [1.29, 1.82) is 0 Å². The minimum Gasteiger partial charge on any atom is -0.477 e. The molecule has 23 heteroatoms. The van der Waals surface area contributed by atoms with Gasteiger partial charge in [0.05, 0.1) is 50.7 Å². The number of carboxylic acid groups (broad SMARTS) is 1. The Balaban J connectivity index is 1.72. The van der Waals surface area contributed by atoms with Gasteiger partial charge in [0, 0.05) is 19.8 Å². The molecule has 0 radical (unpaired) electrons. The number of hydrogen-bond acceptors (Lipinski definition) is 20. The number of ether oxygens (including phenoxy) is 6. The van der Waals surface area contributed by atoms with Gasteiger partial charge in [-0.2, -0.15) is 0 Å². The number of nitrogens with one attached hydrogen (secondary N) is 2. The normalized spacial score (nSPS) is 31.8. The topological polar surface area (TPSA) is 373 Å². The van der Waals surface area contributed by atoms with Gasteiger partial charge in [0.25, 0.3) is 5.79 Å². The Morgan fingerprint density at radius 2 is 1.26 bits per heavy atom. The number of aliphatic carboxylic acids is 1. The Morgan fingerprint density at radius 1 is 0.684 bits per heavy atom. The number of hydrogen-bond donors (Lipinski definition) is 14. The van der Waals surface area contributed by atoms with Gasteiger partial charge in [0.1, 0.15) is 67.1 Å². The Bertz CT molecular complexity index is 1680. The lowest BCUT2D eigenvalue weighted by atomic mass is 9.88. The second kappa shape index (κ2) is 36.5. The van der Waals surface area contributed by atoms with Crippen molar-refractivity contribution < 1.29 is 104 Å². The van der Waals surface area contributed by atoms with E-state index in [2.05, 4.69) is 36.6 Å². The van der Waals surface area contributed by atoms with Gasteiger partial charge in [-0.1, -0.05) is 128 Å². The van der Waals surface area contributed by atoms with Crippen molar-refractivity contribution in [3.05, 3.63) is 24.3 Å². The van der Waals surface area contributed by atoms with Crippen LogP contribution in [0.4, 0.5) is 0 Å². The minimum absolute atomic E-state index is 0.116. The van der Waals surface area contributed by atoms with Crippen molar-refractivity contribution in [2.24, 2.45) is 0 Å².